The molecule has 1 aliphatic rings. The van der Waals surface area contributed by atoms with Gasteiger partial charge in [-0.2, -0.15) is 0 Å². The summed E-state index contributed by atoms with van der Waals surface area (Å²) in [5.41, 5.74) is 0.464. The van der Waals surface area contributed by atoms with Crippen LogP contribution in [0, 0.1) is 0 Å². The normalized spacial score (nSPS) is 16.3. The molecule has 0 bridgehead atoms. The minimum absolute atomic E-state index is 0.00794. The molecule has 23 heavy (non-hydrogen) atoms. The van der Waals surface area contributed by atoms with Crippen molar-refractivity contribution in [3.8, 4) is 0 Å². The van der Waals surface area contributed by atoms with E-state index in [4.69, 9.17) is 5.11 Å². The highest BCUT2D eigenvalue weighted by Crippen LogP contribution is 2.39. The molecule has 1 aromatic rings. The van der Waals surface area contributed by atoms with E-state index in [-0.39, 0.29) is 29.1 Å². The van der Waals surface area contributed by atoms with Gasteiger partial charge in [-0.15, -0.1) is 11.3 Å². The molecule has 0 radical (unpaired) electrons. The maximum absolute atomic E-state index is 11.5. The van der Waals surface area contributed by atoms with Gasteiger partial charge in [-0.05, 0) is 18.5 Å². The molecule has 2 rings (SSSR count). The van der Waals surface area contributed by atoms with E-state index >= 15 is 0 Å². The molecule has 124 valence electrons. The lowest BCUT2D eigenvalue weighted by atomic mass is 9.99. The van der Waals surface area contributed by atoms with Crippen molar-refractivity contribution in [3.63, 3.8) is 0 Å². The number of hydrogen-bond acceptors (Lipinski definition) is 6. The summed E-state index contributed by atoms with van der Waals surface area (Å²) < 4.78 is 0. The predicted octanol–water partition coefficient (Wildman–Crippen LogP) is -0.208. The first-order chi connectivity index (χ1) is 10.8. The van der Waals surface area contributed by atoms with Gasteiger partial charge in [0.2, 0.25) is 5.91 Å². The summed E-state index contributed by atoms with van der Waals surface area (Å²) in [4.78, 5) is 45.2. The lowest BCUT2D eigenvalue weighted by Crippen LogP contribution is -2.37. The largest absolute Gasteiger partial charge is 0.478 e. The Balaban J connectivity index is 2.38. The third kappa shape index (κ3) is 3.66. The van der Waals surface area contributed by atoms with E-state index in [1.165, 1.54) is 6.92 Å². The van der Waals surface area contributed by atoms with Gasteiger partial charge < -0.3 is 26.2 Å². The molecule has 2 amide bonds. The zero-order chi connectivity index (χ0) is 17.1. The van der Waals surface area contributed by atoms with Crippen LogP contribution in [-0.2, 0) is 20.8 Å². The van der Waals surface area contributed by atoms with Crippen LogP contribution in [0.4, 0.5) is 5.00 Å². The van der Waals surface area contributed by atoms with E-state index in [1.54, 1.807) is 0 Å². The Morgan fingerprint density at radius 1 is 1.30 bits per heavy atom. The third-order valence-electron chi connectivity index (χ3n) is 3.31. The Labute approximate surface area is 134 Å². The molecule has 5 N–H and O–H groups in total. The quantitative estimate of drug-likeness (QED) is 0.477. The lowest BCUT2D eigenvalue weighted by Gasteiger charge is -2.24. The van der Waals surface area contributed by atoms with E-state index in [9.17, 15) is 24.3 Å². The zero-order valence-corrected chi connectivity index (χ0v) is 13.0. The molecule has 0 aromatic carbocycles. The monoisotopic (exact) mass is 341 g/mol. The van der Waals surface area contributed by atoms with Crippen molar-refractivity contribution in [1.29, 1.82) is 0 Å². The summed E-state index contributed by atoms with van der Waals surface area (Å²) in [6.07, 6.45) is 0.437. The number of hydrogen-bond donors (Lipinski definition) is 5. The number of carboxylic acids is 2. The molecular weight excluding hydrogens is 326 g/mol. The smallest absolute Gasteiger partial charge is 0.394 e. The van der Waals surface area contributed by atoms with Crippen LogP contribution in [-0.4, -0.2) is 47.1 Å². The molecule has 2 heterocycles. The molecule has 0 fully saturated rings. The van der Waals surface area contributed by atoms with Gasteiger partial charge >= 0.3 is 17.8 Å². The summed E-state index contributed by atoms with van der Waals surface area (Å²) in [7, 11) is 0. The second-order valence-electron chi connectivity index (χ2n) is 4.91. The number of thiophene rings is 1. The molecule has 1 unspecified atom stereocenters. The summed E-state index contributed by atoms with van der Waals surface area (Å²) in [5, 5.41) is 26.0. The summed E-state index contributed by atoms with van der Waals surface area (Å²) >= 11 is 1.01. The number of aromatic carboxylic acids is 1. The Morgan fingerprint density at radius 3 is 2.57 bits per heavy atom. The topological polar surface area (TPSA) is 145 Å². The van der Waals surface area contributed by atoms with Crippen molar-refractivity contribution in [3.05, 3.63) is 16.0 Å². The molecule has 0 saturated carbocycles. The fourth-order valence-corrected chi connectivity index (χ4v) is 3.67. The minimum atomic E-state index is -1.69. The van der Waals surface area contributed by atoms with Crippen LogP contribution in [0.15, 0.2) is 0 Å². The fraction of sp³-hybridized carbons (Fsp3) is 0.385. The third-order valence-corrected chi connectivity index (χ3v) is 4.57. The van der Waals surface area contributed by atoms with Crippen molar-refractivity contribution < 1.29 is 29.4 Å². The Morgan fingerprint density at radius 2 is 2.00 bits per heavy atom. The average Bonchev–Trinajstić information content (AvgIpc) is 2.83. The van der Waals surface area contributed by atoms with Gasteiger partial charge in [-0.3, -0.25) is 9.59 Å². The van der Waals surface area contributed by atoms with Gasteiger partial charge in [0, 0.05) is 18.3 Å². The van der Waals surface area contributed by atoms with Crippen molar-refractivity contribution >= 4 is 40.1 Å². The molecule has 0 aliphatic carbocycles. The second-order valence-corrected chi connectivity index (χ2v) is 5.96. The van der Waals surface area contributed by atoms with E-state index in [0.29, 0.717) is 23.4 Å². The van der Waals surface area contributed by atoms with Gasteiger partial charge in [0.15, 0.2) is 0 Å². The van der Waals surface area contributed by atoms with E-state index in [2.05, 4.69) is 16.0 Å². The molecular formula is C13H15N3O6S. The minimum Gasteiger partial charge on any atom is -0.478 e. The number of fused-ring (bicyclic) bond motifs is 1. The Bertz CT molecular complexity index is 683. The SMILES string of the molecule is CC(=O)NCC1NCCc2c1sc(NC(=O)C(=O)O)c2C(=O)O. The van der Waals surface area contributed by atoms with Gasteiger partial charge in [0.1, 0.15) is 5.00 Å². The van der Waals surface area contributed by atoms with E-state index in [1.807, 2.05) is 0 Å². The van der Waals surface area contributed by atoms with Crippen molar-refractivity contribution in [2.75, 3.05) is 18.4 Å². The average molecular weight is 341 g/mol. The van der Waals surface area contributed by atoms with E-state index in [0.717, 1.165) is 11.3 Å². The van der Waals surface area contributed by atoms with Crippen LogP contribution < -0.4 is 16.0 Å². The maximum atomic E-state index is 11.5. The van der Waals surface area contributed by atoms with Crippen LogP contribution in [0.1, 0.15) is 33.8 Å². The number of anilines is 1. The van der Waals surface area contributed by atoms with Crippen LogP contribution in [0.3, 0.4) is 0 Å². The van der Waals surface area contributed by atoms with Crippen molar-refractivity contribution in [2.24, 2.45) is 0 Å². The molecule has 0 spiro atoms. The second kappa shape index (κ2) is 6.75. The number of carbonyl (C=O) groups is 4. The van der Waals surface area contributed by atoms with Crippen LogP contribution in [0.5, 0.6) is 0 Å². The fourth-order valence-electron chi connectivity index (χ4n) is 2.36. The highest BCUT2D eigenvalue weighted by atomic mass is 32.1. The Kier molecular flexibility index (Phi) is 4.96. The van der Waals surface area contributed by atoms with Gasteiger partial charge in [0.05, 0.1) is 11.6 Å². The molecule has 0 saturated heterocycles. The van der Waals surface area contributed by atoms with Crippen molar-refractivity contribution in [1.82, 2.24) is 10.6 Å². The summed E-state index contributed by atoms with van der Waals surface area (Å²) in [6.45, 7) is 2.16. The highest BCUT2D eigenvalue weighted by Gasteiger charge is 2.31. The number of carbonyl (C=O) groups excluding carboxylic acids is 2. The highest BCUT2D eigenvalue weighted by molar-refractivity contribution is 7.17. The van der Waals surface area contributed by atoms with Crippen LogP contribution in [0.2, 0.25) is 0 Å². The zero-order valence-electron chi connectivity index (χ0n) is 12.1. The maximum Gasteiger partial charge on any atom is 0.394 e. The van der Waals surface area contributed by atoms with Gasteiger partial charge in [-0.25, -0.2) is 9.59 Å². The first kappa shape index (κ1) is 16.9. The molecule has 10 heteroatoms. The molecule has 1 aromatic heterocycles. The summed E-state index contributed by atoms with van der Waals surface area (Å²) in [5.74, 6) is -4.44. The number of rotatable bonds is 4. The first-order valence-corrected chi connectivity index (χ1v) is 7.53. The number of aliphatic carboxylic acids is 1. The molecule has 1 aliphatic heterocycles. The lowest BCUT2D eigenvalue weighted by molar-refractivity contribution is -0.147. The van der Waals surface area contributed by atoms with E-state index < -0.39 is 17.8 Å². The molecule has 9 nitrogen and oxygen atoms in total. The standard InChI is InChI=1S/C13H15N3O6S/c1-5(17)15-4-7-9-6(2-3-14-7)8(12(19)20)11(23-9)16-10(18)13(21)22/h7,14H,2-4H2,1H3,(H,15,17)(H,16,18)(H,19,20)(H,21,22). The molecule has 1 atom stereocenters. The van der Waals surface area contributed by atoms with Crippen LogP contribution >= 0.6 is 11.3 Å². The number of amides is 2. The van der Waals surface area contributed by atoms with Gasteiger partial charge in [0.25, 0.3) is 0 Å². The Hall–Kier alpha value is -2.46. The summed E-state index contributed by atoms with van der Waals surface area (Å²) in [6, 6.07) is -0.291. The number of nitrogens with one attached hydrogen (secondary N) is 3. The van der Waals surface area contributed by atoms with Crippen LogP contribution in [0.25, 0.3) is 0 Å². The number of carboxylic acid groups (broad SMARTS) is 2. The van der Waals surface area contributed by atoms with Crippen molar-refractivity contribution in [2.45, 2.75) is 19.4 Å². The predicted molar refractivity (Wildman–Crippen MR) is 80.7 cm³/mol. The first-order valence-electron chi connectivity index (χ1n) is 6.72. The van der Waals surface area contributed by atoms with Gasteiger partial charge in [-0.1, -0.05) is 0 Å².